The molecule has 1 heterocycles. The van der Waals surface area contributed by atoms with Crippen molar-refractivity contribution in [2.45, 2.75) is 37.8 Å². The van der Waals surface area contributed by atoms with Gasteiger partial charge in [0.05, 0.1) is 12.7 Å². The minimum absolute atomic E-state index is 0.318. The maximum atomic E-state index is 5.69. The minimum atomic E-state index is 0.318. The molecule has 1 saturated heterocycles. The molecular formula is C12H23N3O2. The Hall–Kier alpha value is -0.810. The second-order valence-corrected chi connectivity index (χ2v) is 4.63. The highest BCUT2D eigenvalue weighted by Crippen LogP contribution is 2.18. The summed E-state index contributed by atoms with van der Waals surface area (Å²) in [5, 5.41) is 6.64. The predicted octanol–water partition coefficient (Wildman–Crippen LogP) is 0.509. The van der Waals surface area contributed by atoms with Gasteiger partial charge in [0.1, 0.15) is 0 Å². The zero-order chi connectivity index (χ0) is 11.9. The molecule has 0 radical (unpaired) electrons. The van der Waals surface area contributed by atoms with Gasteiger partial charge in [0.25, 0.3) is 0 Å². The Morgan fingerprint density at radius 3 is 2.94 bits per heavy atom. The van der Waals surface area contributed by atoms with Gasteiger partial charge in [-0.15, -0.1) is 0 Å². The van der Waals surface area contributed by atoms with Crippen molar-refractivity contribution in [1.82, 2.24) is 10.6 Å². The van der Waals surface area contributed by atoms with Gasteiger partial charge in [-0.2, -0.15) is 0 Å². The van der Waals surface area contributed by atoms with E-state index in [2.05, 4.69) is 15.6 Å². The van der Waals surface area contributed by atoms with Gasteiger partial charge in [-0.1, -0.05) is 0 Å². The molecule has 2 N–H and O–H groups in total. The van der Waals surface area contributed by atoms with Crippen molar-refractivity contribution >= 4 is 5.96 Å². The molecule has 1 saturated carbocycles. The van der Waals surface area contributed by atoms with Crippen molar-refractivity contribution in [3.63, 3.8) is 0 Å². The number of ether oxygens (including phenoxy) is 2. The highest BCUT2D eigenvalue weighted by atomic mass is 16.5. The van der Waals surface area contributed by atoms with Gasteiger partial charge >= 0.3 is 0 Å². The number of nitrogens with zero attached hydrogens (tertiary/aromatic N) is 1. The van der Waals surface area contributed by atoms with E-state index in [-0.39, 0.29) is 0 Å². The van der Waals surface area contributed by atoms with Crippen LogP contribution in [0, 0.1) is 0 Å². The van der Waals surface area contributed by atoms with Gasteiger partial charge in [0.15, 0.2) is 5.96 Å². The predicted molar refractivity (Wildman–Crippen MR) is 67.3 cm³/mol. The summed E-state index contributed by atoms with van der Waals surface area (Å²) in [6.07, 6.45) is 4.90. The zero-order valence-corrected chi connectivity index (χ0v) is 10.6. The van der Waals surface area contributed by atoms with Crippen LogP contribution in [0.4, 0.5) is 0 Å². The van der Waals surface area contributed by atoms with E-state index < -0.39 is 0 Å². The van der Waals surface area contributed by atoms with E-state index in [0.717, 1.165) is 45.2 Å². The highest BCUT2D eigenvalue weighted by molar-refractivity contribution is 5.80. The lowest BCUT2D eigenvalue weighted by Crippen LogP contribution is -2.39. The summed E-state index contributed by atoms with van der Waals surface area (Å²) in [5.41, 5.74) is 0. The second-order valence-electron chi connectivity index (χ2n) is 4.63. The standard InChI is InChI=1S/C12H23N3O2/c1-13-12(15-10-3-4-10)14-6-2-7-17-11-5-8-16-9-11/h10-11H,2-9H2,1H3,(H2,13,14,15). The van der Waals surface area contributed by atoms with E-state index in [0.29, 0.717) is 12.1 Å². The topological polar surface area (TPSA) is 54.9 Å². The SMILES string of the molecule is CN=C(NCCCOC1CCOC1)NC1CC1. The first-order valence-corrected chi connectivity index (χ1v) is 6.55. The molecule has 2 rings (SSSR count). The third-order valence-corrected chi connectivity index (χ3v) is 3.00. The van der Waals surface area contributed by atoms with Gasteiger partial charge in [-0.25, -0.2) is 0 Å². The molecule has 0 aromatic rings. The number of hydrogen-bond acceptors (Lipinski definition) is 3. The number of nitrogens with one attached hydrogen (secondary N) is 2. The number of aliphatic imine (C=N–C) groups is 1. The molecule has 0 spiro atoms. The molecule has 0 amide bonds. The average Bonchev–Trinajstić information content (AvgIpc) is 3.01. The van der Waals surface area contributed by atoms with Crippen molar-refractivity contribution in [1.29, 1.82) is 0 Å². The van der Waals surface area contributed by atoms with E-state index in [1.54, 1.807) is 0 Å². The summed E-state index contributed by atoms with van der Waals surface area (Å²) in [5.74, 6) is 0.914. The van der Waals surface area contributed by atoms with Crippen LogP contribution >= 0.6 is 0 Å². The molecule has 0 aromatic carbocycles. The van der Waals surface area contributed by atoms with Crippen LogP contribution in [-0.2, 0) is 9.47 Å². The molecule has 1 atom stereocenters. The highest BCUT2D eigenvalue weighted by Gasteiger charge is 2.21. The molecule has 5 nitrogen and oxygen atoms in total. The summed E-state index contributed by atoms with van der Waals surface area (Å²) >= 11 is 0. The van der Waals surface area contributed by atoms with E-state index in [4.69, 9.17) is 9.47 Å². The fourth-order valence-corrected chi connectivity index (χ4v) is 1.79. The third-order valence-electron chi connectivity index (χ3n) is 3.00. The van der Waals surface area contributed by atoms with Crippen LogP contribution in [0.2, 0.25) is 0 Å². The van der Waals surface area contributed by atoms with Crippen LogP contribution in [0.5, 0.6) is 0 Å². The zero-order valence-electron chi connectivity index (χ0n) is 10.6. The molecule has 0 aromatic heterocycles. The average molecular weight is 241 g/mol. The van der Waals surface area contributed by atoms with Gasteiger partial charge in [-0.05, 0) is 25.7 Å². The molecule has 98 valence electrons. The second kappa shape index (κ2) is 6.81. The molecule has 2 fully saturated rings. The molecule has 5 heteroatoms. The Bertz CT molecular complexity index is 248. The van der Waals surface area contributed by atoms with E-state index in [1.165, 1.54) is 12.8 Å². The normalized spacial score (nSPS) is 25.0. The molecule has 1 aliphatic carbocycles. The van der Waals surface area contributed by atoms with Gasteiger partial charge in [0.2, 0.25) is 0 Å². The van der Waals surface area contributed by atoms with Crippen LogP contribution < -0.4 is 10.6 Å². The Morgan fingerprint density at radius 1 is 1.41 bits per heavy atom. The molecule has 1 unspecified atom stereocenters. The van der Waals surface area contributed by atoms with Crippen LogP contribution in [-0.4, -0.2) is 51.5 Å². The first kappa shape index (κ1) is 12.6. The van der Waals surface area contributed by atoms with Crippen molar-refractivity contribution in [2.24, 2.45) is 4.99 Å². The van der Waals surface area contributed by atoms with Crippen LogP contribution in [0.1, 0.15) is 25.7 Å². The lowest BCUT2D eigenvalue weighted by molar-refractivity contribution is 0.0420. The van der Waals surface area contributed by atoms with E-state index >= 15 is 0 Å². The van der Waals surface area contributed by atoms with Gasteiger partial charge in [0, 0.05) is 32.8 Å². The van der Waals surface area contributed by atoms with Crippen molar-refractivity contribution < 1.29 is 9.47 Å². The maximum absolute atomic E-state index is 5.69. The van der Waals surface area contributed by atoms with Crippen molar-refractivity contribution in [3.8, 4) is 0 Å². The smallest absolute Gasteiger partial charge is 0.191 e. The van der Waals surface area contributed by atoms with Crippen LogP contribution in [0.3, 0.4) is 0 Å². The molecule has 1 aliphatic heterocycles. The van der Waals surface area contributed by atoms with Crippen LogP contribution in [0.15, 0.2) is 4.99 Å². The summed E-state index contributed by atoms with van der Waals surface area (Å²) in [6, 6.07) is 0.646. The Morgan fingerprint density at radius 2 is 2.29 bits per heavy atom. The lowest BCUT2D eigenvalue weighted by Gasteiger charge is -2.12. The van der Waals surface area contributed by atoms with E-state index in [9.17, 15) is 0 Å². The number of guanidine groups is 1. The van der Waals surface area contributed by atoms with E-state index in [1.807, 2.05) is 7.05 Å². The Kier molecular flexibility index (Phi) is 5.07. The Balaban J connectivity index is 1.46. The molecular weight excluding hydrogens is 218 g/mol. The largest absolute Gasteiger partial charge is 0.379 e. The molecule has 0 bridgehead atoms. The third kappa shape index (κ3) is 4.91. The fourth-order valence-electron chi connectivity index (χ4n) is 1.79. The summed E-state index contributed by atoms with van der Waals surface area (Å²) in [4.78, 5) is 4.18. The quantitative estimate of drug-likeness (QED) is 0.404. The Labute approximate surface area is 103 Å². The first-order chi connectivity index (χ1) is 8.38. The monoisotopic (exact) mass is 241 g/mol. The molecule has 17 heavy (non-hydrogen) atoms. The first-order valence-electron chi connectivity index (χ1n) is 6.55. The summed E-state index contributed by atoms with van der Waals surface area (Å²) in [7, 11) is 1.81. The number of hydrogen-bond donors (Lipinski definition) is 2. The molecule has 2 aliphatic rings. The fraction of sp³-hybridized carbons (Fsp3) is 0.917. The van der Waals surface area contributed by atoms with Crippen molar-refractivity contribution in [3.05, 3.63) is 0 Å². The summed E-state index contributed by atoms with van der Waals surface area (Å²) < 4.78 is 10.9. The summed E-state index contributed by atoms with van der Waals surface area (Å²) in [6.45, 7) is 3.31. The van der Waals surface area contributed by atoms with Crippen LogP contribution in [0.25, 0.3) is 0 Å². The number of rotatable bonds is 6. The maximum Gasteiger partial charge on any atom is 0.191 e. The van der Waals surface area contributed by atoms with Gasteiger partial charge in [-0.3, -0.25) is 4.99 Å². The minimum Gasteiger partial charge on any atom is -0.379 e. The van der Waals surface area contributed by atoms with Crippen molar-refractivity contribution in [2.75, 3.05) is 33.4 Å². The lowest BCUT2D eigenvalue weighted by atomic mass is 10.3. The van der Waals surface area contributed by atoms with Gasteiger partial charge < -0.3 is 20.1 Å².